The van der Waals surface area contributed by atoms with Crippen molar-refractivity contribution >= 4 is 11.8 Å². The van der Waals surface area contributed by atoms with Crippen LogP contribution in [0.15, 0.2) is 0 Å². The summed E-state index contributed by atoms with van der Waals surface area (Å²) in [7, 11) is 0. The number of hydrogen-bond donors (Lipinski definition) is 0. The van der Waals surface area contributed by atoms with E-state index in [1.807, 2.05) is 0 Å². The van der Waals surface area contributed by atoms with Gasteiger partial charge in [0, 0.05) is 12.2 Å². The van der Waals surface area contributed by atoms with Crippen LogP contribution in [0.1, 0.15) is 19.8 Å². The van der Waals surface area contributed by atoms with E-state index in [1.54, 1.807) is 5.40 Å². The lowest BCUT2D eigenvalue weighted by molar-refractivity contribution is -0.192. The summed E-state index contributed by atoms with van der Waals surface area (Å²) < 4.78 is 61.6. The van der Waals surface area contributed by atoms with Crippen LogP contribution in [0, 0.1) is 16.6 Å². The maximum Gasteiger partial charge on any atom is 0.392 e. The molecule has 0 aromatic carbocycles. The van der Waals surface area contributed by atoms with E-state index in [9.17, 15) is 22.0 Å². The van der Waals surface area contributed by atoms with Gasteiger partial charge in [-0.25, -0.2) is 8.78 Å². The lowest BCUT2D eigenvalue weighted by Crippen LogP contribution is -2.29. The van der Waals surface area contributed by atoms with E-state index < -0.39 is 30.9 Å². The lowest BCUT2D eigenvalue weighted by atomic mass is 9.98. The molecule has 0 N–H and O–H groups in total. The first-order chi connectivity index (χ1) is 6.67. The van der Waals surface area contributed by atoms with Gasteiger partial charge in [-0.3, -0.25) is 0 Å². The third kappa shape index (κ3) is 7.42. The number of rotatable bonds is 5. The number of hydrogen-bond acceptors (Lipinski definition) is 2. The molecule has 0 radical (unpaired) electrons. The number of thiocyanates is 1. The Morgan fingerprint density at radius 3 is 2.13 bits per heavy atom. The summed E-state index contributed by atoms with van der Waals surface area (Å²) in [6.07, 6.45) is -6.30. The van der Waals surface area contributed by atoms with E-state index in [1.165, 1.54) is 0 Å². The molecule has 0 rings (SSSR count). The summed E-state index contributed by atoms with van der Waals surface area (Å²) in [6.45, 7) is 0.461. The van der Waals surface area contributed by atoms with Crippen molar-refractivity contribution in [3.05, 3.63) is 0 Å². The lowest BCUT2D eigenvalue weighted by Gasteiger charge is -2.22. The predicted octanol–water partition coefficient (Wildman–Crippen LogP) is 3.81. The van der Waals surface area contributed by atoms with Crippen molar-refractivity contribution in [2.45, 2.75) is 31.9 Å². The van der Waals surface area contributed by atoms with Gasteiger partial charge < -0.3 is 0 Å². The Bertz CT molecular complexity index is 227. The second-order valence-electron chi connectivity index (χ2n) is 3.24. The van der Waals surface area contributed by atoms with Crippen LogP contribution >= 0.6 is 11.8 Å². The van der Waals surface area contributed by atoms with E-state index in [-0.39, 0.29) is 5.75 Å². The smallest absolute Gasteiger partial charge is 0.207 e. The molecule has 1 atom stereocenters. The molecule has 0 amide bonds. The van der Waals surface area contributed by atoms with Crippen LogP contribution in [0.5, 0.6) is 0 Å². The summed E-state index contributed by atoms with van der Waals surface area (Å²) in [5.41, 5.74) is 0. The van der Waals surface area contributed by atoms with Gasteiger partial charge >= 0.3 is 6.18 Å². The summed E-state index contributed by atoms with van der Waals surface area (Å²) in [5.74, 6) is -5.47. The number of nitriles is 1. The van der Waals surface area contributed by atoms with Crippen molar-refractivity contribution in [1.29, 1.82) is 5.26 Å². The minimum Gasteiger partial charge on any atom is -0.207 e. The topological polar surface area (TPSA) is 23.8 Å². The monoisotopic (exact) mass is 247 g/mol. The fraction of sp³-hybridized carbons (Fsp3) is 0.875. The van der Waals surface area contributed by atoms with Gasteiger partial charge in [0.05, 0.1) is 5.92 Å². The van der Waals surface area contributed by atoms with Crippen LogP contribution in [0.25, 0.3) is 0 Å². The van der Waals surface area contributed by atoms with Gasteiger partial charge in [-0.15, -0.1) is 0 Å². The van der Waals surface area contributed by atoms with E-state index in [4.69, 9.17) is 5.26 Å². The largest absolute Gasteiger partial charge is 0.392 e. The Hall–Kier alpha value is -0.510. The SMILES string of the molecule is CC(F)(F)CC(CCSC#N)C(F)(F)F. The molecular formula is C8H10F5NS. The number of nitrogens with zero attached hydrogens (tertiary/aromatic N) is 1. The summed E-state index contributed by atoms with van der Waals surface area (Å²) >= 11 is 0.639. The zero-order chi connectivity index (χ0) is 12.1. The van der Waals surface area contributed by atoms with Gasteiger partial charge in [0.2, 0.25) is 5.92 Å². The van der Waals surface area contributed by atoms with E-state index in [0.717, 1.165) is 0 Å². The molecule has 0 spiro atoms. The van der Waals surface area contributed by atoms with Crippen molar-refractivity contribution in [1.82, 2.24) is 0 Å². The molecule has 88 valence electrons. The Morgan fingerprint density at radius 2 is 1.80 bits per heavy atom. The first kappa shape index (κ1) is 14.5. The third-order valence-corrected chi connectivity index (χ3v) is 2.27. The molecule has 1 nitrogen and oxygen atoms in total. The fourth-order valence-corrected chi connectivity index (χ4v) is 1.55. The number of thioether (sulfide) groups is 1. The van der Waals surface area contributed by atoms with Crippen LogP contribution in [0.4, 0.5) is 22.0 Å². The maximum atomic E-state index is 12.4. The highest BCUT2D eigenvalue weighted by molar-refractivity contribution is 8.03. The molecule has 0 bridgehead atoms. The van der Waals surface area contributed by atoms with Gasteiger partial charge in [0.1, 0.15) is 5.40 Å². The Morgan fingerprint density at radius 1 is 1.27 bits per heavy atom. The normalized spacial score (nSPS) is 14.7. The highest BCUT2D eigenvalue weighted by Crippen LogP contribution is 2.37. The van der Waals surface area contributed by atoms with Crippen LogP contribution in [0.2, 0.25) is 0 Å². The van der Waals surface area contributed by atoms with Crippen molar-refractivity contribution in [3.63, 3.8) is 0 Å². The molecule has 0 aliphatic carbocycles. The van der Waals surface area contributed by atoms with Gasteiger partial charge in [0.15, 0.2) is 0 Å². The van der Waals surface area contributed by atoms with Crippen LogP contribution < -0.4 is 0 Å². The van der Waals surface area contributed by atoms with Crippen molar-refractivity contribution < 1.29 is 22.0 Å². The highest BCUT2D eigenvalue weighted by Gasteiger charge is 2.43. The molecule has 7 heteroatoms. The van der Waals surface area contributed by atoms with Crippen molar-refractivity contribution in [3.8, 4) is 5.40 Å². The zero-order valence-corrected chi connectivity index (χ0v) is 8.76. The van der Waals surface area contributed by atoms with E-state index in [2.05, 4.69) is 0 Å². The minimum absolute atomic E-state index is 0.0866. The Balaban J connectivity index is 4.28. The second kappa shape index (κ2) is 5.54. The first-order valence-corrected chi connectivity index (χ1v) is 5.11. The molecule has 0 heterocycles. The number of halogens is 5. The molecule has 0 aliphatic heterocycles. The molecule has 0 aromatic rings. The Labute approximate surface area is 88.6 Å². The molecule has 1 unspecified atom stereocenters. The van der Waals surface area contributed by atoms with Gasteiger partial charge in [0.25, 0.3) is 0 Å². The molecule has 0 saturated carbocycles. The summed E-state index contributed by atoms with van der Waals surface area (Å²) in [5, 5.41) is 9.70. The molecule has 0 saturated heterocycles. The highest BCUT2D eigenvalue weighted by atomic mass is 32.2. The van der Waals surface area contributed by atoms with Crippen LogP contribution in [-0.2, 0) is 0 Å². The first-order valence-electron chi connectivity index (χ1n) is 4.12. The zero-order valence-electron chi connectivity index (χ0n) is 7.94. The summed E-state index contributed by atoms with van der Waals surface area (Å²) in [4.78, 5) is 0. The molecule has 15 heavy (non-hydrogen) atoms. The molecular weight excluding hydrogens is 237 g/mol. The average molecular weight is 247 g/mol. The van der Waals surface area contributed by atoms with Gasteiger partial charge in [-0.1, -0.05) is 0 Å². The molecule has 0 fully saturated rings. The Kier molecular flexibility index (Phi) is 5.35. The van der Waals surface area contributed by atoms with E-state index >= 15 is 0 Å². The second-order valence-corrected chi connectivity index (χ2v) is 4.12. The van der Waals surface area contributed by atoms with Gasteiger partial charge in [-0.2, -0.15) is 18.4 Å². The number of alkyl halides is 5. The van der Waals surface area contributed by atoms with Crippen molar-refractivity contribution in [2.75, 3.05) is 5.75 Å². The minimum atomic E-state index is -4.63. The summed E-state index contributed by atoms with van der Waals surface area (Å²) in [6, 6.07) is 0. The van der Waals surface area contributed by atoms with Gasteiger partial charge in [-0.05, 0) is 25.1 Å². The maximum absolute atomic E-state index is 12.4. The molecule has 0 aliphatic rings. The average Bonchev–Trinajstić information content (AvgIpc) is 1.99. The fourth-order valence-electron chi connectivity index (χ4n) is 1.06. The predicted molar refractivity (Wildman–Crippen MR) is 47.5 cm³/mol. The van der Waals surface area contributed by atoms with Crippen LogP contribution in [-0.4, -0.2) is 17.9 Å². The van der Waals surface area contributed by atoms with Crippen molar-refractivity contribution in [2.24, 2.45) is 5.92 Å². The van der Waals surface area contributed by atoms with E-state index in [0.29, 0.717) is 18.7 Å². The third-order valence-electron chi connectivity index (χ3n) is 1.70. The standard InChI is InChI=1S/C8H10F5NS/c1-7(9,10)4-6(8(11,12)13)2-3-15-5-14/h6H,2-4H2,1H3. The van der Waals surface area contributed by atoms with Crippen LogP contribution in [0.3, 0.4) is 0 Å². The quantitative estimate of drug-likeness (QED) is 0.419. The molecule has 0 aromatic heterocycles.